The van der Waals surface area contributed by atoms with Crippen LogP contribution in [0.1, 0.15) is 0 Å². The minimum Gasteiger partial charge on any atom is -0.309 e. The Hall–Kier alpha value is -8.85. The van der Waals surface area contributed by atoms with Crippen molar-refractivity contribution in [3.63, 3.8) is 0 Å². The van der Waals surface area contributed by atoms with E-state index in [1.807, 2.05) is 30.3 Å². The quantitative estimate of drug-likeness (QED) is 0.150. The summed E-state index contributed by atoms with van der Waals surface area (Å²) in [4.78, 5) is 14.3. The van der Waals surface area contributed by atoms with E-state index in [-0.39, 0.29) is 0 Å². The van der Waals surface area contributed by atoms with Gasteiger partial charge in [0, 0.05) is 49.4 Å². The van der Waals surface area contributed by atoms with Gasteiger partial charge in [-0.25, -0.2) is 14.8 Å². The number of fused-ring (bicyclic) bond motifs is 6. The number of para-hydroxylation sites is 4. The number of hydrogen-bond acceptors (Lipinski definition) is 2. The summed E-state index contributed by atoms with van der Waals surface area (Å²) in [6.07, 6.45) is 0. The van der Waals surface area contributed by atoms with Gasteiger partial charge in [-0.1, -0.05) is 158 Å². The van der Waals surface area contributed by atoms with E-state index in [1.165, 1.54) is 10.8 Å². The lowest BCUT2D eigenvalue weighted by Gasteiger charge is -2.20. The van der Waals surface area contributed by atoms with E-state index >= 15 is 0 Å². The molecular formula is C59H37N5. The van der Waals surface area contributed by atoms with Crippen molar-refractivity contribution in [2.24, 2.45) is 0 Å². The summed E-state index contributed by atoms with van der Waals surface area (Å²) in [7, 11) is 0. The fraction of sp³-hybridized carbons (Fsp3) is 0. The average Bonchev–Trinajstić information content (AvgIpc) is 3.89. The van der Waals surface area contributed by atoms with Crippen molar-refractivity contribution in [3.05, 3.63) is 236 Å². The standard InChI is InChI=1S/C59H37N5/c1-60-44-22-16-21-41(35-44)42-31-33-57-49(36-42)47-25-10-15-30-56(47)64(57)58-34-32-43(59-61-51(39-17-4-2-5-18-39)38-52(62-59)40-19-6-3-7-20-40)37-50(58)48-26-11-14-29-55(48)63-53-27-12-8-23-45(53)46-24-9-13-28-54(46)63/h2-38H. The van der Waals surface area contributed by atoms with E-state index in [4.69, 9.17) is 16.5 Å². The molecule has 0 bridgehead atoms. The van der Waals surface area contributed by atoms with Gasteiger partial charge in [-0.2, -0.15) is 0 Å². The minimum absolute atomic E-state index is 0.626. The molecule has 0 amide bonds. The van der Waals surface area contributed by atoms with E-state index in [0.29, 0.717) is 11.5 Å². The monoisotopic (exact) mass is 815 g/mol. The molecule has 0 aliphatic carbocycles. The summed E-state index contributed by atoms with van der Waals surface area (Å²) in [5.74, 6) is 0.649. The molecule has 12 rings (SSSR count). The van der Waals surface area contributed by atoms with Crippen molar-refractivity contribution >= 4 is 49.3 Å². The zero-order chi connectivity index (χ0) is 42.6. The summed E-state index contributed by atoms with van der Waals surface area (Å²) in [5.41, 5.74) is 16.1. The first-order valence-electron chi connectivity index (χ1n) is 21.4. The Balaban J connectivity index is 1.15. The maximum atomic E-state index is 7.65. The number of nitrogens with zero attached hydrogens (tertiary/aromatic N) is 5. The van der Waals surface area contributed by atoms with Crippen molar-refractivity contribution in [1.82, 2.24) is 19.1 Å². The second-order valence-electron chi connectivity index (χ2n) is 16.1. The van der Waals surface area contributed by atoms with Crippen molar-refractivity contribution in [2.45, 2.75) is 0 Å². The van der Waals surface area contributed by atoms with Crippen LogP contribution in [0.4, 0.5) is 5.69 Å². The Kier molecular flexibility index (Phi) is 8.81. The Morgan fingerprint density at radius 3 is 1.44 bits per heavy atom. The number of rotatable bonds is 7. The Labute approximate surface area is 370 Å². The molecule has 298 valence electrons. The van der Waals surface area contributed by atoms with Crippen molar-refractivity contribution in [3.8, 4) is 67.5 Å². The zero-order valence-corrected chi connectivity index (χ0v) is 34.6. The van der Waals surface area contributed by atoms with Crippen molar-refractivity contribution in [1.29, 1.82) is 0 Å². The highest BCUT2D eigenvalue weighted by molar-refractivity contribution is 6.12. The predicted molar refractivity (Wildman–Crippen MR) is 264 cm³/mol. The van der Waals surface area contributed by atoms with Gasteiger partial charge in [0.25, 0.3) is 0 Å². The SMILES string of the molecule is [C-]#[N+]c1cccc(-c2ccc3c(c2)c2ccccc2n3-c2ccc(-c3nc(-c4ccccc4)cc(-c4ccccc4)n3)cc2-c2ccccc2-n2c3ccccc3c3ccccc32)c1. The van der Waals surface area contributed by atoms with Gasteiger partial charge in [0.2, 0.25) is 0 Å². The lowest BCUT2D eigenvalue weighted by Crippen LogP contribution is -2.02. The topological polar surface area (TPSA) is 40.0 Å². The van der Waals surface area contributed by atoms with Crippen LogP contribution in [0.5, 0.6) is 0 Å². The highest BCUT2D eigenvalue weighted by atomic mass is 15.0. The van der Waals surface area contributed by atoms with Gasteiger partial charge in [0.15, 0.2) is 11.5 Å². The Morgan fingerprint density at radius 1 is 0.328 bits per heavy atom. The molecule has 0 unspecified atom stereocenters. The first-order chi connectivity index (χ1) is 31.7. The molecule has 0 radical (unpaired) electrons. The number of aromatic nitrogens is 4. The molecule has 9 aromatic carbocycles. The van der Waals surface area contributed by atoms with Crippen LogP contribution >= 0.6 is 0 Å². The maximum Gasteiger partial charge on any atom is 0.187 e. The fourth-order valence-corrected chi connectivity index (χ4v) is 9.42. The largest absolute Gasteiger partial charge is 0.309 e. The molecule has 0 atom stereocenters. The first kappa shape index (κ1) is 37.0. The van der Waals surface area contributed by atoms with Gasteiger partial charge in [0.1, 0.15) is 0 Å². The molecule has 0 fully saturated rings. The van der Waals surface area contributed by atoms with E-state index < -0.39 is 0 Å². The Morgan fingerprint density at radius 2 is 0.812 bits per heavy atom. The second kappa shape index (κ2) is 15.3. The molecular weight excluding hydrogens is 779 g/mol. The molecule has 0 saturated carbocycles. The third kappa shape index (κ3) is 6.16. The summed E-state index contributed by atoms with van der Waals surface area (Å²) in [6, 6.07) is 78.8. The van der Waals surface area contributed by atoms with Crippen LogP contribution in [0.2, 0.25) is 0 Å². The van der Waals surface area contributed by atoms with Crippen molar-refractivity contribution in [2.75, 3.05) is 0 Å². The van der Waals surface area contributed by atoms with Crippen LogP contribution in [0.15, 0.2) is 224 Å². The normalized spacial score (nSPS) is 11.4. The van der Waals surface area contributed by atoms with Gasteiger partial charge in [-0.3, -0.25) is 0 Å². The molecule has 0 aliphatic heterocycles. The third-order valence-electron chi connectivity index (χ3n) is 12.4. The highest BCUT2D eigenvalue weighted by Crippen LogP contribution is 2.43. The zero-order valence-electron chi connectivity index (χ0n) is 34.6. The number of hydrogen-bond donors (Lipinski definition) is 0. The van der Waals surface area contributed by atoms with E-state index in [1.54, 1.807) is 0 Å². The molecule has 5 nitrogen and oxygen atoms in total. The molecule has 3 aromatic heterocycles. The van der Waals surface area contributed by atoms with E-state index in [9.17, 15) is 0 Å². The van der Waals surface area contributed by atoms with Gasteiger partial charge < -0.3 is 9.13 Å². The second-order valence-corrected chi connectivity index (χ2v) is 16.1. The number of benzene rings is 9. The molecule has 0 spiro atoms. The van der Waals surface area contributed by atoms with Crippen LogP contribution in [0.25, 0.3) is 116 Å². The smallest absolute Gasteiger partial charge is 0.187 e. The summed E-state index contributed by atoms with van der Waals surface area (Å²) in [5, 5.41) is 4.71. The predicted octanol–water partition coefficient (Wildman–Crippen LogP) is 15.6. The van der Waals surface area contributed by atoms with Crippen LogP contribution in [-0.4, -0.2) is 19.1 Å². The van der Waals surface area contributed by atoms with Gasteiger partial charge in [-0.05, 0) is 77.9 Å². The Bertz CT molecular complexity index is 3690. The summed E-state index contributed by atoms with van der Waals surface area (Å²) < 4.78 is 4.81. The lowest BCUT2D eigenvalue weighted by molar-refractivity contribution is 1.15. The van der Waals surface area contributed by atoms with Gasteiger partial charge in [0.05, 0.1) is 51.4 Å². The van der Waals surface area contributed by atoms with Crippen LogP contribution < -0.4 is 0 Å². The lowest BCUT2D eigenvalue weighted by atomic mass is 9.97. The van der Waals surface area contributed by atoms with Gasteiger partial charge >= 0.3 is 0 Å². The van der Waals surface area contributed by atoms with E-state index in [2.05, 4.69) is 208 Å². The van der Waals surface area contributed by atoms with Crippen LogP contribution in [-0.2, 0) is 0 Å². The fourth-order valence-electron chi connectivity index (χ4n) is 9.42. The molecule has 3 heterocycles. The average molecular weight is 816 g/mol. The molecule has 0 saturated heterocycles. The molecule has 12 aromatic rings. The molecule has 64 heavy (non-hydrogen) atoms. The first-order valence-corrected chi connectivity index (χ1v) is 21.4. The van der Waals surface area contributed by atoms with Crippen LogP contribution in [0, 0.1) is 6.57 Å². The van der Waals surface area contributed by atoms with Gasteiger partial charge in [-0.15, -0.1) is 0 Å². The molecule has 5 heteroatoms. The maximum absolute atomic E-state index is 7.65. The third-order valence-corrected chi connectivity index (χ3v) is 12.4. The molecule has 0 aliphatic rings. The minimum atomic E-state index is 0.626. The van der Waals surface area contributed by atoms with Crippen molar-refractivity contribution < 1.29 is 0 Å². The molecule has 0 N–H and O–H groups in total. The highest BCUT2D eigenvalue weighted by Gasteiger charge is 2.22. The summed E-state index contributed by atoms with van der Waals surface area (Å²) >= 11 is 0. The van der Waals surface area contributed by atoms with Crippen LogP contribution in [0.3, 0.4) is 0 Å². The van der Waals surface area contributed by atoms with E-state index in [0.717, 1.165) is 94.5 Å². The summed E-state index contributed by atoms with van der Waals surface area (Å²) in [6.45, 7) is 7.65.